The fourth-order valence-electron chi connectivity index (χ4n) is 3.98. The van der Waals surface area contributed by atoms with E-state index in [0.29, 0.717) is 49.1 Å². The first-order valence-corrected chi connectivity index (χ1v) is 11.7. The predicted octanol–water partition coefficient (Wildman–Crippen LogP) is 1.43. The molecule has 0 saturated carbocycles. The monoisotopic (exact) mass is 506 g/mol. The lowest BCUT2D eigenvalue weighted by Gasteiger charge is -2.23. The Kier molecular flexibility index (Phi) is 9.28. The van der Waals surface area contributed by atoms with Crippen molar-refractivity contribution in [3.05, 3.63) is 18.3 Å². The first kappa shape index (κ1) is 27.0. The third kappa shape index (κ3) is 6.74. The highest BCUT2D eigenvalue weighted by Gasteiger charge is 2.51. The lowest BCUT2D eigenvalue weighted by molar-refractivity contribution is -0.166. The van der Waals surface area contributed by atoms with Gasteiger partial charge in [0.15, 0.2) is 24.1 Å². The summed E-state index contributed by atoms with van der Waals surface area (Å²) in [6, 6.07) is 0. The van der Waals surface area contributed by atoms with Crippen LogP contribution in [0.5, 0.6) is 0 Å². The summed E-state index contributed by atoms with van der Waals surface area (Å²) in [5, 5.41) is 0. The van der Waals surface area contributed by atoms with Crippen molar-refractivity contribution >= 4 is 35.0 Å². The second-order valence-corrected chi connectivity index (χ2v) is 8.17. The maximum absolute atomic E-state index is 11.9. The van der Waals surface area contributed by atoms with Gasteiger partial charge in [-0.15, -0.1) is 0 Å². The summed E-state index contributed by atoms with van der Waals surface area (Å²) in [6.45, 7) is 5.58. The second-order valence-electron chi connectivity index (χ2n) is 8.17. The third-order valence-corrected chi connectivity index (χ3v) is 5.40. The highest BCUT2D eigenvalue weighted by molar-refractivity contribution is 5.73. The minimum absolute atomic E-state index is 0.213. The van der Waals surface area contributed by atoms with Crippen molar-refractivity contribution in [1.82, 2.24) is 19.5 Å². The van der Waals surface area contributed by atoms with E-state index in [-0.39, 0.29) is 12.6 Å². The van der Waals surface area contributed by atoms with Crippen molar-refractivity contribution in [2.75, 3.05) is 13.2 Å². The SMILES string of the molecule is CCOC(=O)CCCCc1ncnc2c1ncn2[C@@H]1O[C@H](COC(C)=O)[C@@H](OC(C)=O)[C@H]1OC(C)=O. The maximum atomic E-state index is 11.9. The highest BCUT2D eigenvalue weighted by atomic mass is 16.7. The van der Waals surface area contributed by atoms with E-state index in [9.17, 15) is 19.2 Å². The number of aromatic nitrogens is 4. The lowest BCUT2D eigenvalue weighted by atomic mass is 10.1. The Balaban J connectivity index is 1.85. The molecule has 4 atom stereocenters. The summed E-state index contributed by atoms with van der Waals surface area (Å²) < 4.78 is 28.5. The average Bonchev–Trinajstić information content (AvgIpc) is 3.37. The quantitative estimate of drug-likeness (QED) is 0.245. The number of fused-ring (bicyclic) bond motifs is 1. The third-order valence-electron chi connectivity index (χ3n) is 5.40. The number of hydrogen-bond donors (Lipinski definition) is 0. The molecule has 0 amide bonds. The number of carbonyl (C=O) groups excluding carboxylic acids is 4. The van der Waals surface area contributed by atoms with E-state index in [1.807, 2.05) is 0 Å². The van der Waals surface area contributed by atoms with Gasteiger partial charge in [-0.2, -0.15) is 0 Å². The van der Waals surface area contributed by atoms with Gasteiger partial charge in [-0.1, -0.05) is 0 Å². The Morgan fingerprint density at radius 3 is 2.33 bits per heavy atom. The number of esters is 4. The van der Waals surface area contributed by atoms with Crippen molar-refractivity contribution in [1.29, 1.82) is 0 Å². The van der Waals surface area contributed by atoms with Gasteiger partial charge in [0, 0.05) is 27.2 Å². The summed E-state index contributed by atoms with van der Waals surface area (Å²) in [4.78, 5) is 59.7. The van der Waals surface area contributed by atoms with Crippen molar-refractivity contribution < 1.29 is 42.9 Å². The molecule has 2 aromatic heterocycles. The molecule has 13 nitrogen and oxygen atoms in total. The van der Waals surface area contributed by atoms with Crippen LogP contribution in [0, 0.1) is 0 Å². The molecule has 1 aliphatic rings. The fraction of sp³-hybridized carbons (Fsp3) is 0.609. The number of carbonyl (C=O) groups is 4. The fourth-order valence-corrected chi connectivity index (χ4v) is 3.98. The Morgan fingerprint density at radius 2 is 1.67 bits per heavy atom. The largest absolute Gasteiger partial charge is 0.466 e. The molecule has 2 aromatic rings. The molecule has 0 aromatic carbocycles. The van der Waals surface area contributed by atoms with E-state index < -0.39 is 42.4 Å². The summed E-state index contributed by atoms with van der Waals surface area (Å²) >= 11 is 0. The van der Waals surface area contributed by atoms with E-state index >= 15 is 0 Å². The van der Waals surface area contributed by atoms with Crippen LogP contribution in [0.4, 0.5) is 0 Å². The Morgan fingerprint density at radius 1 is 0.944 bits per heavy atom. The Bertz CT molecular complexity index is 1100. The molecule has 0 N–H and O–H groups in total. The van der Waals surface area contributed by atoms with Crippen LogP contribution in [0.2, 0.25) is 0 Å². The van der Waals surface area contributed by atoms with E-state index in [2.05, 4.69) is 15.0 Å². The number of aryl methyl sites for hydroxylation is 1. The van der Waals surface area contributed by atoms with E-state index in [4.69, 9.17) is 23.7 Å². The molecule has 0 radical (unpaired) electrons. The van der Waals surface area contributed by atoms with Crippen LogP contribution in [0.3, 0.4) is 0 Å². The smallest absolute Gasteiger partial charge is 0.305 e. The highest BCUT2D eigenvalue weighted by Crippen LogP contribution is 2.36. The van der Waals surface area contributed by atoms with Gasteiger partial charge in [0.1, 0.15) is 24.6 Å². The van der Waals surface area contributed by atoms with Gasteiger partial charge < -0.3 is 23.7 Å². The normalized spacial score (nSPS) is 21.2. The number of nitrogens with zero attached hydrogens (tertiary/aromatic N) is 4. The number of hydrogen-bond acceptors (Lipinski definition) is 12. The van der Waals surface area contributed by atoms with Gasteiger partial charge >= 0.3 is 23.9 Å². The molecule has 13 heteroatoms. The summed E-state index contributed by atoms with van der Waals surface area (Å²) in [7, 11) is 0. The van der Waals surface area contributed by atoms with Gasteiger partial charge in [0.2, 0.25) is 0 Å². The van der Waals surface area contributed by atoms with Crippen LogP contribution < -0.4 is 0 Å². The zero-order valence-electron chi connectivity index (χ0n) is 20.7. The molecule has 0 spiro atoms. The average molecular weight is 507 g/mol. The Hall–Kier alpha value is -3.61. The molecule has 196 valence electrons. The molecule has 3 rings (SSSR count). The van der Waals surface area contributed by atoms with E-state index in [1.165, 1.54) is 33.4 Å². The van der Waals surface area contributed by atoms with E-state index in [1.54, 1.807) is 11.5 Å². The summed E-state index contributed by atoms with van der Waals surface area (Å²) in [6.07, 6.45) is 1.12. The van der Waals surface area contributed by atoms with Gasteiger partial charge in [-0.05, 0) is 26.2 Å². The molecular weight excluding hydrogens is 476 g/mol. The number of unbranched alkanes of at least 4 members (excludes halogenated alkanes) is 1. The minimum Gasteiger partial charge on any atom is -0.466 e. The summed E-state index contributed by atoms with van der Waals surface area (Å²) in [5.41, 5.74) is 1.62. The standard InChI is InChI=1S/C23H30N4O9/c1-5-32-18(31)9-7-6-8-16-19-22(25-11-24-16)27(12-26-19)23-21(35-15(4)30)20(34-14(3)29)17(36-23)10-33-13(2)28/h11-12,17,20-21,23H,5-10H2,1-4H3/t17-,20-,21-,23-/m1/s1. The molecule has 0 aliphatic carbocycles. The van der Waals surface area contributed by atoms with Crippen molar-refractivity contribution in [3.63, 3.8) is 0 Å². The zero-order valence-corrected chi connectivity index (χ0v) is 20.7. The van der Waals surface area contributed by atoms with Gasteiger partial charge in [0.25, 0.3) is 0 Å². The molecule has 36 heavy (non-hydrogen) atoms. The second kappa shape index (κ2) is 12.4. The summed E-state index contributed by atoms with van der Waals surface area (Å²) in [5.74, 6) is -2.01. The zero-order chi connectivity index (χ0) is 26.2. The molecule has 0 unspecified atom stereocenters. The van der Waals surface area contributed by atoms with Gasteiger partial charge in [-0.25, -0.2) is 15.0 Å². The number of imidazole rings is 1. The van der Waals surface area contributed by atoms with Crippen LogP contribution in [0.25, 0.3) is 11.2 Å². The molecule has 1 saturated heterocycles. The molecule has 1 aliphatic heterocycles. The van der Waals surface area contributed by atoms with Crippen molar-refractivity contribution in [2.45, 2.75) is 77.9 Å². The number of rotatable bonds is 11. The van der Waals surface area contributed by atoms with Crippen molar-refractivity contribution in [2.24, 2.45) is 0 Å². The van der Waals surface area contributed by atoms with Crippen molar-refractivity contribution in [3.8, 4) is 0 Å². The predicted molar refractivity (Wildman–Crippen MR) is 121 cm³/mol. The lowest BCUT2D eigenvalue weighted by Crippen LogP contribution is -2.40. The first-order chi connectivity index (χ1) is 17.2. The first-order valence-electron chi connectivity index (χ1n) is 11.7. The molecule has 3 heterocycles. The number of ether oxygens (including phenoxy) is 5. The minimum atomic E-state index is -1.05. The van der Waals surface area contributed by atoms with Crippen LogP contribution in [0.15, 0.2) is 12.7 Å². The maximum Gasteiger partial charge on any atom is 0.305 e. The van der Waals surface area contributed by atoms with Gasteiger partial charge in [-0.3, -0.25) is 23.7 Å². The van der Waals surface area contributed by atoms with Crippen LogP contribution in [-0.4, -0.2) is 74.9 Å². The molecular formula is C23H30N4O9. The van der Waals surface area contributed by atoms with E-state index in [0.717, 1.165) is 0 Å². The molecule has 0 bridgehead atoms. The van der Waals surface area contributed by atoms with Crippen LogP contribution in [-0.2, 0) is 49.3 Å². The Labute approximate surface area is 207 Å². The van der Waals surface area contributed by atoms with Crippen LogP contribution in [0.1, 0.15) is 58.9 Å². The van der Waals surface area contributed by atoms with Crippen LogP contribution >= 0.6 is 0 Å². The molecule has 1 fully saturated rings. The van der Waals surface area contributed by atoms with Gasteiger partial charge in [0.05, 0.1) is 18.6 Å². The topological polar surface area (TPSA) is 158 Å².